The van der Waals surface area contributed by atoms with Crippen molar-refractivity contribution in [3.63, 3.8) is 0 Å². The van der Waals surface area contributed by atoms with E-state index in [0.717, 1.165) is 0 Å². The zero-order valence-corrected chi connectivity index (χ0v) is 15.3. The Hall–Kier alpha value is -2.22. The van der Waals surface area contributed by atoms with Crippen LogP contribution in [0.5, 0.6) is 5.75 Å². The lowest BCUT2D eigenvalue weighted by atomic mass is 10.1. The summed E-state index contributed by atoms with van der Waals surface area (Å²) in [5.74, 6) is -0.242. The summed E-state index contributed by atoms with van der Waals surface area (Å²) in [4.78, 5) is 12.4. The molecule has 1 N–H and O–H groups in total. The number of benzene rings is 1. The number of anilines is 1. The topological polar surface area (TPSA) is 86.6 Å². The Morgan fingerprint density at radius 3 is 2.50 bits per heavy atom. The Bertz CT molecular complexity index is 884. The van der Waals surface area contributed by atoms with Crippen LogP contribution in [0.3, 0.4) is 0 Å². The average Bonchev–Trinajstić information content (AvgIpc) is 2.80. The molecule has 0 saturated heterocycles. The van der Waals surface area contributed by atoms with Gasteiger partial charge in [-0.2, -0.15) is 0 Å². The van der Waals surface area contributed by atoms with Gasteiger partial charge in [0.2, 0.25) is 10.0 Å². The lowest BCUT2D eigenvalue weighted by Gasteiger charge is -2.13. The standard InChI is InChI=1S/C16H22N2O5S/c1-6-23-16(19)13-10(3)18(4)11-8-9-12(22-5)15(14(11)13)17-24(20,21)7-2/h8-9,17H,6-7H2,1-5H3. The number of nitrogens with zero attached hydrogens (tertiary/aromatic N) is 1. The highest BCUT2D eigenvalue weighted by atomic mass is 32.2. The number of fused-ring (bicyclic) bond motifs is 1. The van der Waals surface area contributed by atoms with E-state index in [1.165, 1.54) is 14.0 Å². The van der Waals surface area contributed by atoms with Crippen molar-refractivity contribution in [3.05, 3.63) is 23.4 Å². The number of carbonyl (C=O) groups is 1. The minimum atomic E-state index is -3.55. The van der Waals surface area contributed by atoms with Crippen molar-refractivity contribution < 1.29 is 22.7 Å². The summed E-state index contributed by atoms with van der Waals surface area (Å²) in [6.45, 7) is 5.28. The van der Waals surface area contributed by atoms with Gasteiger partial charge in [-0.25, -0.2) is 13.2 Å². The SMILES string of the molecule is CCOC(=O)c1c(C)n(C)c2ccc(OC)c(NS(=O)(=O)CC)c12. The number of esters is 1. The predicted molar refractivity (Wildman–Crippen MR) is 93.2 cm³/mol. The van der Waals surface area contributed by atoms with Gasteiger partial charge in [0.1, 0.15) is 11.4 Å². The van der Waals surface area contributed by atoms with Gasteiger partial charge < -0.3 is 14.0 Å². The molecular formula is C16H22N2O5S. The molecule has 8 heteroatoms. The highest BCUT2D eigenvalue weighted by molar-refractivity contribution is 7.92. The van der Waals surface area contributed by atoms with E-state index in [1.807, 2.05) is 11.6 Å². The molecule has 0 unspecified atom stereocenters. The first-order valence-electron chi connectivity index (χ1n) is 7.60. The molecule has 1 aromatic carbocycles. The van der Waals surface area contributed by atoms with E-state index in [-0.39, 0.29) is 18.0 Å². The number of hydrogen-bond donors (Lipinski definition) is 1. The average molecular weight is 354 g/mol. The van der Waals surface area contributed by atoms with Crippen LogP contribution >= 0.6 is 0 Å². The predicted octanol–water partition coefficient (Wildman–Crippen LogP) is 2.43. The monoisotopic (exact) mass is 354 g/mol. The quantitative estimate of drug-likeness (QED) is 0.805. The molecule has 0 aliphatic heterocycles. The fraction of sp³-hybridized carbons (Fsp3) is 0.438. The van der Waals surface area contributed by atoms with Gasteiger partial charge >= 0.3 is 5.97 Å². The number of hydrogen-bond acceptors (Lipinski definition) is 5. The molecule has 0 fully saturated rings. The van der Waals surface area contributed by atoms with Crippen molar-refractivity contribution in [1.29, 1.82) is 0 Å². The van der Waals surface area contributed by atoms with Gasteiger partial charge in [-0.1, -0.05) is 0 Å². The number of nitrogens with one attached hydrogen (secondary N) is 1. The van der Waals surface area contributed by atoms with Gasteiger partial charge in [0.15, 0.2) is 0 Å². The number of ether oxygens (including phenoxy) is 2. The minimum Gasteiger partial charge on any atom is -0.495 e. The first-order valence-corrected chi connectivity index (χ1v) is 9.26. The maximum atomic E-state index is 12.4. The molecule has 132 valence electrons. The van der Waals surface area contributed by atoms with E-state index in [1.54, 1.807) is 26.0 Å². The molecule has 0 bridgehead atoms. The third kappa shape index (κ3) is 3.06. The number of aryl methyl sites for hydroxylation is 1. The third-order valence-electron chi connectivity index (χ3n) is 3.96. The molecule has 24 heavy (non-hydrogen) atoms. The van der Waals surface area contributed by atoms with Gasteiger partial charge in [0.25, 0.3) is 0 Å². The van der Waals surface area contributed by atoms with E-state index in [9.17, 15) is 13.2 Å². The molecule has 2 aromatic rings. The van der Waals surface area contributed by atoms with E-state index >= 15 is 0 Å². The van der Waals surface area contributed by atoms with Gasteiger partial charge in [0.05, 0.1) is 30.5 Å². The van der Waals surface area contributed by atoms with Gasteiger partial charge in [-0.05, 0) is 32.9 Å². The largest absolute Gasteiger partial charge is 0.495 e. The maximum Gasteiger partial charge on any atom is 0.340 e. The van der Waals surface area contributed by atoms with Crippen molar-refractivity contribution in [3.8, 4) is 5.75 Å². The Kier molecular flexibility index (Phi) is 5.08. The maximum absolute atomic E-state index is 12.4. The van der Waals surface area contributed by atoms with Crippen molar-refractivity contribution in [2.45, 2.75) is 20.8 Å². The summed E-state index contributed by atoms with van der Waals surface area (Å²) >= 11 is 0. The Labute approximate surface area is 141 Å². The molecule has 0 amide bonds. The highest BCUT2D eigenvalue weighted by Gasteiger charge is 2.25. The van der Waals surface area contributed by atoms with Gasteiger partial charge in [0, 0.05) is 18.1 Å². The number of rotatable bonds is 6. The van der Waals surface area contributed by atoms with Crippen molar-refractivity contribution >= 4 is 32.6 Å². The van der Waals surface area contributed by atoms with E-state index in [0.29, 0.717) is 27.9 Å². The number of carbonyl (C=O) groups excluding carboxylic acids is 1. The van der Waals surface area contributed by atoms with Crippen LogP contribution in [-0.2, 0) is 21.8 Å². The van der Waals surface area contributed by atoms with E-state index < -0.39 is 16.0 Å². The lowest BCUT2D eigenvalue weighted by molar-refractivity contribution is 0.0527. The van der Waals surface area contributed by atoms with Crippen LogP contribution in [0.4, 0.5) is 5.69 Å². The summed E-state index contributed by atoms with van der Waals surface area (Å²) in [6, 6.07) is 3.46. The van der Waals surface area contributed by atoms with Crippen LogP contribution in [-0.4, -0.2) is 38.4 Å². The molecule has 0 aliphatic carbocycles. The molecule has 2 rings (SSSR count). The van der Waals surface area contributed by atoms with Crippen LogP contribution in [0.1, 0.15) is 29.9 Å². The second kappa shape index (κ2) is 6.72. The second-order valence-electron chi connectivity index (χ2n) is 5.28. The summed E-state index contributed by atoms with van der Waals surface area (Å²) in [6.07, 6.45) is 0. The van der Waals surface area contributed by atoms with Gasteiger partial charge in [-0.3, -0.25) is 4.72 Å². The molecular weight excluding hydrogens is 332 g/mol. The van der Waals surface area contributed by atoms with Crippen LogP contribution in [0.15, 0.2) is 12.1 Å². The summed E-state index contributed by atoms with van der Waals surface area (Å²) in [5.41, 5.74) is 1.99. The van der Waals surface area contributed by atoms with Crippen molar-refractivity contribution in [1.82, 2.24) is 4.57 Å². The number of aromatic nitrogens is 1. The van der Waals surface area contributed by atoms with Gasteiger partial charge in [-0.15, -0.1) is 0 Å². The molecule has 7 nitrogen and oxygen atoms in total. The molecule has 1 aromatic heterocycles. The smallest absolute Gasteiger partial charge is 0.340 e. The van der Waals surface area contributed by atoms with E-state index in [4.69, 9.17) is 9.47 Å². The summed E-state index contributed by atoms with van der Waals surface area (Å²) < 4.78 is 39.0. The molecule has 0 radical (unpaired) electrons. The van der Waals surface area contributed by atoms with E-state index in [2.05, 4.69) is 4.72 Å². The zero-order chi connectivity index (χ0) is 18.1. The highest BCUT2D eigenvalue weighted by Crippen LogP contribution is 2.39. The fourth-order valence-electron chi connectivity index (χ4n) is 2.59. The minimum absolute atomic E-state index is 0.0902. The summed E-state index contributed by atoms with van der Waals surface area (Å²) in [5, 5.41) is 0.477. The summed E-state index contributed by atoms with van der Waals surface area (Å²) in [7, 11) is -0.287. The molecule has 0 aliphatic rings. The fourth-order valence-corrected chi connectivity index (χ4v) is 3.24. The molecule has 0 atom stereocenters. The molecule has 0 saturated carbocycles. The van der Waals surface area contributed by atoms with Crippen LogP contribution in [0, 0.1) is 6.92 Å². The first kappa shape index (κ1) is 18.1. The number of methoxy groups -OCH3 is 1. The third-order valence-corrected chi connectivity index (χ3v) is 5.23. The molecule has 1 heterocycles. The Morgan fingerprint density at radius 1 is 1.29 bits per heavy atom. The Morgan fingerprint density at radius 2 is 1.96 bits per heavy atom. The second-order valence-corrected chi connectivity index (χ2v) is 7.29. The van der Waals surface area contributed by atoms with Crippen LogP contribution in [0.2, 0.25) is 0 Å². The Balaban J connectivity index is 2.87. The van der Waals surface area contributed by atoms with Crippen LogP contribution in [0.25, 0.3) is 10.9 Å². The van der Waals surface area contributed by atoms with Crippen LogP contribution < -0.4 is 9.46 Å². The van der Waals surface area contributed by atoms with Crippen molar-refractivity contribution in [2.75, 3.05) is 24.2 Å². The molecule has 0 spiro atoms. The zero-order valence-electron chi connectivity index (χ0n) is 14.5. The number of sulfonamides is 1. The lowest BCUT2D eigenvalue weighted by Crippen LogP contribution is -2.16. The first-order chi connectivity index (χ1) is 11.3. The van der Waals surface area contributed by atoms with Crippen molar-refractivity contribution in [2.24, 2.45) is 7.05 Å². The normalized spacial score (nSPS) is 11.5.